The van der Waals surface area contributed by atoms with Crippen LogP contribution in [0.2, 0.25) is 0 Å². The smallest absolute Gasteiger partial charge is 0.247 e. The second kappa shape index (κ2) is 8.89. The summed E-state index contributed by atoms with van der Waals surface area (Å²) in [5.41, 5.74) is 0. The topological polar surface area (TPSA) is 110 Å². The summed E-state index contributed by atoms with van der Waals surface area (Å²) in [7, 11) is -7.11. The molecule has 1 N–H and O–H groups in total. The molecule has 8 nitrogen and oxygen atoms in total. The highest BCUT2D eigenvalue weighted by Crippen LogP contribution is 2.30. The Labute approximate surface area is 168 Å². The molecule has 0 saturated carbocycles. The second-order valence-corrected chi connectivity index (χ2v) is 11.2. The molecule has 1 amide bonds. The van der Waals surface area contributed by atoms with E-state index < -0.39 is 38.4 Å². The van der Waals surface area contributed by atoms with Gasteiger partial charge in [0.2, 0.25) is 15.9 Å². The van der Waals surface area contributed by atoms with Crippen molar-refractivity contribution in [2.75, 3.05) is 31.2 Å². The number of rotatable bonds is 8. The predicted molar refractivity (Wildman–Crippen MR) is 105 cm³/mol. The van der Waals surface area contributed by atoms with Crippen LogP contribution in [0.1, 0.15) is 20.3 Å². The Balaban J connectivity index is 2.18. The summed E-state index contributed by atoms with van der Waals surface area (Å²) in [4.78, 5) is 12.3. The van der Waals surface area contributed by atoms with Crippen LogP contribution in [0, 0.1) is 0 Å². The first-order valence-electron chi connectivity index (χ1n) is 8.51. The van der Waals surface area contributed by atoms with Gasteiger partial charge in [0, 0.05) is 17.1 Å². The minimum Gasteiger partial charge on any atom is -0.492 e. The fraction of sp³-hybridized carbons (Fsp3) is 0.562. The monoisotopic (exact) mass is 482 g/mol. The van der Waals surface area contributed by atoms with Gasteiger partial charge in [0.1, 0.15) is 10.6 Å². The fourth-order valence-corrected chi connectivity index (χ4v) is 6.55. The molecule has 1 saturated heterocycles. The number of amides is 1. The van der Waals surface area contributed by atoms with Gasteiger partial charge in [0.25, 0.3) is 0 Å². The molecule has 11 heteroatoms. The predicted octanol–water partition coefficient (Wildman–Crippen LogP) is 1.16. The zero-order chi connectivity index (χ0) is 20.2. The second-order valence-electron chi connectivity index (χ2n) is 6.12. The van der Waals surface area contributed by atoms with Gasteiger partial charge in [-0.15, -0.1) is 0 Å². The number of sulfonamides is 1. The highest BCUT2D eigenvalue weighted by atomic mass is 79.9. The van der Waals surface area contributed by atoms with Gasteiger partial charge in [-0.1, -0.05) is 22.9 Å². The van der Waals surface area contributed by atoms with E-state index in [-0.39, 0.29) is 28.7 Å². The zero-order valence-electron chi connectivity index (χ0n) is 15.1. The van der Waals surface area contributed by atoms with Gasteiger partial charge in [0.05, 0.1) is 24.7 Å². The van der Waals surface area contributed by atoms with Crippen molar-refractivity contribution in [3.05, 3.63) is 22.7 Å². The van der Waals surface area contributed by atoms with Crippen molar-refractivity contribution in [3.63, 3.8) is 0 Å². The van der Waals surface area contributed by atoms with E-state index in [2.05, 4.69) is 21.2 Å². The Morgan fingerprint density at radius 2 is 2.07 bits per heavy atom. The number of carbonyl (C=O) groups excluding carboxylic acids is 1. The maximum Gasteiger partial charge on any atom is 0.247 e. The first-order valence-corrected chi connectivity index (χ1v) is 12.6. The van der Waals surface area contributed by atoms with Gasteiger partial charge in [-0.2, -0.15) is 4.31 Å². The highest BCUT2D eigenvalue weighted by Gasteiger charge is 2.32. The summed E-state index contributed by atoms with van der Waals surface area (Å²) in [5.74, 6) is -0.404. The maximum absolute atomic E-state index is 13.0. The third kappa shape index (κ3) is 5.66. The van der Waals surface area contributed by atoms with E-state index in [0.717, 1.165) is 4.31 Å². The number of halogens is 1. The molecule has 0 aromatic heterocycles. The van der Waals surface area contributed by atoms with Crippen LogP contribution >= 0.6 is 15.9 Å². The van der Waals surface area contributed by atoms with Crippen LogP contribution in [0.25, 0.3) is 0 Å². The average molecular weight is 483 g/mol. The molecular formula is C16H23BrN2O6S2. The van der Waals surface area contributed by atoms with Gasteiger partial charge < -0.3 is 10.1 Å². The summed E-state index contributed by atoms with van der Waals surface area (Å²) in [6.07, 6.45) is 0.340. The fourth-order valence-electron chi connectivity index (χ4n) is 2.81. The van der Waals surface area contributed by atoms with E-state index in [1.54, 1.807) is 26.0 Å². The molecule has 0 aliphatic carbocycles. The molecule has 0 bridgehead atoms. The number of sulfone groups is 1. The van der Waals surface area contributed by atoms with Crippen LogP contribution in [0.15, 0.2) is 27.6 Å². The Kier molecular flexibility index (Phi) is 7.28. The minimum atomic E-state index is -3.98. The lowest BCUT2D eigenvalue weighted by Crippen LogP contribution is -2.44. The largest absolute Gasteiger partial charge is 0.492 e. The molecule has 1 heterocycles. The minimum absolute atomic E-state index is 0.0307. The van der Waals surface area contributed by atoms with Crippen molar-refractivity contribution in [1.82, 2.24) is 9.62 Å². The first kappa shape index (κ1) is 22.1. The SMILES string of the molecule is CCOc1ccc(Br)cc1S(=O)(=O)N(CC)CC(=O)N[C@H]1CCS(=O)(=O)C1. The number of likely N-dealkylation sites (N-methyl/N-ethyl adjacent to an activating group) is 1. The number of benzene rings is 1. The molecule has 1 atom stereocenters. The summed E-state index contributed by atoms with van der Waals surface area (Å²) in [6.45, 7) is 3.36. The van der Waals surface area contributed by atoms with Gasteiger partial charge in [-0.25, -0.2) is 16.8 Å². The van der Waals surface area contributed by atoms with Gasteiger partial charge >= 0.3 is 0 Å². The third-order valence-electron chi connectivity index (χ3n) is 4.09. The molecule has 152 valence electrons. The Bertz CT molecular complexity index is 901. The van der Waals surface area contributed by atoms with Crippen molar-refractivity contribution < 1.29 is 26.4 Å². The summed E-state index contributed by atoms with van der Waals surface area (Å²) >= 11 is 3.26. The first-order chi connectivity index (χ1) is 12.6. The number of hydrogen-bond donors (Lipinski definition) is 1. The van der Waals surface area contributed by atoms with Crippen LogP contribution in [-0.2, 0) is 24.7 Å². The van der Waals surface area contributed by atoms with E-state index in [1.807, 2.05) is 0 Å². The van der Waals surface area contributed by atoms with Crippen molar-refractivity contribution in [2.45, 2.75) is 31.2 Å². The van der Waals surface area contributed by atoms with Crippen molar-refractivity contribution >= 4 is 41.7 Å². The van der Waals surface area contributed by atoms with Crippen molar-refractivity contribution in [3.8, 4) is 5.75 Å². The zero-order valence-corrected chi connectivity index (χ0v) is 18.4. The van der Waals surface area contributed by atoms with Crippen LogP contribution in [0.3, 0.4) is 0 Å². The van der Waals surface area contributed by atoms with Gasteiger partial charge in [-0.05, 0) is 31.5 Å². The third-order valence-corrected chi connectivity index (χ3v) is 8.30. The van der Waals surface area contributed by atoms with E-state index >= 15 is 0 Å². The normalized spacial score (nSPS) is 19.2. The summed E-state index contributed by atoms with van der Waals surface area (Å²) in [5, 5.41) is 2.61. The molecule has 27 heavy (non-hydrogen) atoms. The maximum atomic E-state index is 13.0. The highest BCUT2D eigenvalue weighted by molar-refractivity contribution is 9.10. The standard InChI is InChI=1S/C16H23BrN2O6S2/c1-3-19(10-16(20)18-13-7-8-26(21,22)11-13)27(23,24)15-9-12(17)5-6-14(15)25-4-2/h5-6,9,13H,3-4,7-8,10-11H2,1-2H3,(H,18,20)/t13-/m0/s1. The van der Waals surface area contributed by atoms with Crippen LogP contribution in [0.4, 0.5) is 0 Å². The molecule has 0 spiro atoms. The van der Waals surface area contributed by atoms with Crippen LogP contribution < -0.4 is 10.1 Å². The molecule has 2 rings (SSSR count). The number of carbonyl (C=O) groups is 1. The van der Waals surface area contributed by atoms with Crippen molar-refractivity contribution in [2.24, 2.45) is 0 Å². The van der Waals surface area contributed by atoms with Crippen LogP contribution in [-0.4, -0.2) is 64.3 Å². The van der Waals surface area contributed by atoms with E-state index in [1.165, 1.54) is 6.07 Å². The molecule has 1 aliphatic rings. The molecule has 1 fully saturated rings. The molecule has 1 aromatic rings. The molecule has 0 unspecified atom stereocenters. The summed E-state index contributed by atoms with van der Waals surface area (Å²) < 4.78 is 56.1. The van der Waals surface area contributed by atoms with E-state index in [9.17, 15) is 21.6 Å². The summed E-state index contributed by atoms with van der Waals surface area (Å²) in [6, 6.07) is 4.18. The Hall–Kier alpha value is -1.17. The molecule has 1 aliphatic heterocycles. The average Bonchev–Trinajstić information content (AvgIpc) is 2.92. The lowest BCUT2D eigenvalue weighted by molar-refractivity contribution is -0.121. The molecule has 0 radical (unpaired) electrons. The van der Waals surface area contributed by atoms with Crippen molar-refractivity contribution in [1.29, 1.82) is 0 Å². The van der Waals surface area contributed by atoms with E-state index in [0.29, 0.717) is 17.5 Å². The lowest BCUT2D eigenvalue weighted by atomic mass is 10.2. The van der Waals surface area contributed by atoms with E-state index in [4.69, 9.17) is 4.74 Å². The Morgan fingerprint density at radius 1 is 1.37 bits per heavy atom. The number of hydrogen-bond acceptors (Lipinski definition) is 6. The number of nitrogens with one attached hydrogen (secondary N) is 1. The Morgan fingerprint density at radius 3 is 2.63 bits per heavy atom. The lowest BCUT2D eigenvalue weighted by Gasteiger charge is -2.22. The molecule has 1 aromatic carbocycles. The number of nitrogens with zero attached hydrogens (tertiary/aromatic N) is 1. The number of ether oxygens (including phenoxy) is 1. The quantitative estimate of drug-likeness (QED) is 0.595. The van der Waals surface area contributed by atoms with Gasteiger partial charge in [-0.3, -0.25) is 4.79 Å². The van der Waals surface area contributed by atoms with Crippen LogP contribution in [0.5, 0.6) is 5.75 Å². The molecular weight excluding hydrogens is 460 g/mol. The van der Waals surface area contributed by atoms with Gasteiger partial charge in [0.15, 0.2) is 9.84 Å².